The largest absolute Gasteiger partial charge is 0.459 e. The van der Waals surface area contributed by atoms with Crippen molar-refractivity contribution in [2.24, 2.45) is 17.8 Å². The molecule has 0 N–H and O–H groups in total. The molecule has 0 aliphatic heterocycles. The Morgan fingerprint density at radius 1 is 0.897 bits per heavy atom. The van der Waals surface area contributed by atoms with Crippen molar-refractivity contribution < 1.29 is 9.53 Å². The Morgan fingerprint density at radius 2 is 1.59 bits per heavy atom. The second kappa shape index (κ2) is 11.2. The van der Waals surface area contributed by atoms with Gasteiger partial charge in [-0.1, -0.05) is 65.0 Å². The number of unbranched alkanes of at least 4 members (excludes halogenated alkanes) is 1. The third-order valence-electron chi connectivity index (χ3n) is 7.58. The van der Waals surface area contributed by atoms with Crippen LogP contribution >= 0.6 is 0 Å². The van der Waals surface area contributed by atoms with Gasteiger partial charge in [0.1, 0.15) is 6.10 Å². The van der Waals surface area contributed by atoms with Crippen molar-refractivity contribution in [3.8, 4) is 0 Å². The topological polar surface area (TPSA) is 26.3 Å². The van der Waals surface area contributed by atoms with Gasteiger partial charge in [-0.15, -0.1) is 0 Å². The van der Waals surface area contributed by atoms with Crippen LogP contribution in [0.15, 0.2) is 24.3 Å². The van der Waals surface area contributed by atoms with E-state index in [2.05, 4.69) is 32.9 Å². The number of rotatable bonds is 8. The van der Waals surface area contributed by atoms with Crippen molar-refractivity contribution in [2.75, 3.05) is 0 Å². The Balaban J connectivity index is 1.48. The molecule has 0 radical (unpaired) electrons. The SMILES string of the molecule is CCCC[C@H]1CC[C@H](OC(=O)c2ccc(C3CCC(CCC)CC3C)cc2)CC1. The molecule has 2 aliphatic rings. The van der Waals surface area contributed by atoms with E-state index in [9.17, 15) is 4.79 Å². The lowest BCUT2D eigenvalue weighted by molar-refractivity contribution is 0.0161. The van der Waals surface area contributed by atoms with E-state index in [0.29, 0.717) is 11.5 Å². The first-order valence-corrected chi connectivity index (χ1v) is 12.4. The first kappa shape index (κ1) is 22.4. The highest BCUT2D eigenvalue weighted by molar-refractivity contribution is 5.89. The molecule has 0 amide bonds. The van der Waals surface area contributed by atoms with E-state index >= 15 is 0 Å². The minimum Gasteiger partial charge on any atom is -0.459 e. The van der Waals surface area contributed by atoms with Crippen molar-refractivity contribution in [3.05, 3.63) is 35.4 Å². The van der Waals surface area contributed by atoms with Gasteiger partial charge in [-0.2, -0.15) is 0 Å². The molecule has 2 fully saturated rings. The van der Waals surface area contributed by atoms with Crippen LogP contribution in [0.3, 0.4) is 0 Å². The third-order valence-corrected chi connectivity index (χ3v) is 7.58. The number of hydrogen-bond donors (Lipinski definition) is 0. The standard InChI is InChI=1S/C27H42O2/c1-4-6-8-21-9-16-25(17-10-21)29-27(28)24-14-12-23(13-15-24)26-18-11-22(7-5-2)19-20(26)3/h12-15,20-22,25-26H,4-11,16-19H2,1-3H3/t20?,21-,22?,25-,26?. The van der Waals surface area contributed by atoms with Crippen LogP contribution in [0.1, 0.15) is 120 Å². The molecule has 3 unspecified atom stereocenters. The van der Waals surface area contributed by atoms with Crippen LogP contribution in [0.4, 0.5) is 0 Å². The highest BCUT2D eigenvalue weighted by Gasteiger charge is 2.28. The fourth-order valence-corrected chi connectivity index (χ4v) is 5.79. The van der Waals surface area contributed by atoms with E-state index in [1.54, 1.807) is 0 Å². The molecule has 0 saturated heterocycles. The van der Waals surface area contributed by atoms with Gasteiger partial charge in [0.05, 0.1) is 5.56 Å². The molecular weight excluding hydrogens is 356 g/mol. The first-order chi connectivity index (χ1) is 14.1. The molecule has 1 aromatic carbocycles. The zero-order valence-corrected chi connectivity index (χ0v) is 19.0. The fourth-order valence-electron chi connectivity index (χ4n) is 5.79. The van der Waals surface area contributed by atoms with Crippen molar-refractivity contribution in [2.45, 2.75) is 110 Å². The maximum Gasteiger partial charge on any atom is 0.338 e. The highest BCUT2D eigenvalue weighted by atomic mass is 16.5. The van der Waals surface area contributed by atoms with Gasteiger partial charge in [-0.25, -0.2) is 4.79 Å². The minimum atomic E-state index is -0.131. The van der Waals surface area contributed by atoms with Crippen molar-refractivity contribution in [3.63, 3.8) is 0 Å². The van der Waals surface area contributed by atoms with Gasteiger partial charge < -0.3 is 4.74 Å². The van der Waals surface area contributed by atoms with Gasteiger partial charge in [-0.05, 0) is 86.3 Å². The van der Waals surface area contributed by atoms with Gasteiger partial charge in [0.15, 0.2) is 0 Å². The summed E-state index contributed by atoms with van der Waals surface area (Å²) in [5, 5.41) is 0. The number of esters is 1. The second-order valence-electron chi connectivity index (χ2n) is 9.86. The van der Waals surface area contributed by atoms with E-state index in [1.165, 1.54) is 69.8 Å². The summed E-state index contributed by atoms with van der Waals surface area (Å²) in [6.07, 6.45) is 15.3. The normalized spacial score (nSPS) is 30.1. The average molecular weight is 399 g/mol. The second-order valence-corrected chi connectivity index (χ2v) is 9.86. The van der Waals surface area contributed by atoms with Crippen LogP contribution in [0.25, 0.3) is 0 Å². The predicted molar refractivity (Wildman–Crippen MR) is 121 cm³/mol. The molecule has 0 bridgehead atoms. The van der Waals surface area contributed by atoms with Gasteiger partial charge in [0.2, 0.25) is 0 Å². The highest BCUT2D eigenvalue weighted by Crippen LogP contribution is 2.41. The lowest BCUT2D eigenvalue weighted by Gasteiger charge is -2.34. The van der Waals surface area contributed by atoms with E-state index in [4.69, 9.17) is 4.74 Å². The minimum absolute atomic E-state index is 0.119. The molecule has 2 nitrogen and oxygen atoms in total. The zero-order valence-electron chi connectivity index (χ0n) is 19.0. The Bertz CT molecular complexity index is 612. The van der Waals surface area contributed by atoms with Crippen molar-refractivity contribution in [1.82, 2.24) is 0 Å². The van der Waals surface area contributed by atoms with Crippen LogP contribution in [0.2, 0.25) is 0 Å². The molecule has 162 valence electrons. The molecule has 29 heavy (non-hydrogen) atoms. The summed E-state index contributed by atoms with van der Waals surface area (Å²) in [6, 6.07) is 8.35. The van der Waals surface area contributed by atoms with Crippen LogP contribution in [-0.2, 0) is 4.74 Å². The molecule has 3 rings (SSSR count). The lowest BCUT2D eigenvalue weighted by atomic mass is 9.71. The van der Waals surface area contributed by atoms with Crippen molar-refractivity contribution >= 4 is 5.97 Å². The molecule has 3 atom stereocenters. The summed E-state index contributed by atoms with van der Waals surface area (Å²) in [5.74, 6) is 3.01. The molecule has 0 heterocycles. The maximum atomic E-state index is 12.6. The number of carbonyl (C=O) groups is 1. The quantitative estimate of drug-likeness (QED) is 0.416. The van der Waals surface area contributed by atoms with Crippen molar-refractivity contribution in [1.29, 1.82) is 0 Å². The van der Waals surface area contributed by atoms with Crippen LogP contribution in [0, 0.1) is 17.8 Å². The third kappa shape index (κ3) is 6.33. The van der Waals surface area contributed by atoms with E-state index in [0.717, 1.165) is 30.6 Å². The predicted octanol–water partition coefficient (Wildman–Crippen LogP) is 7.91. The Hall–Kier alpha value is -1.31. The molecule has 2 heteroatoms. The summed E-state index contributed by atoms with van der Waals surface area (Å²) in [7, 11) is 0. The molecule has 0 aromatic heterocycles. The van der Waals surface area contributed by atoms with E-state index < -0.39 is 0 Å². The molecular formula is C27H42O2. The first-order valence-electron chi connectivity index (χ1n) is 12.4. The average Bonchev–Trinajstić information content (AvgIpc) is 2.74. The lowest BCUT2D eigenvalue weighted by Crippen LogP contribution is -2.24. The molecule has 1 aromatic rings. The summed E-state index contributed by atoms with van der Waals surface area (Å²) in [5.41, 5.74) is 2.12. The van der Waals surface area contributed by atoms with E-state index in [1.807, 2.05) is 12.1 Å². The summed E-state index contributed by atoms with van der Waals surface area (Å²) >= 11 is 0. The smallest absolute Gasteiger partial charge is 0.338 e. The Labute approximate surface area is 178 Å². The monoisotopic (exact) mass is 398 g/mol. The number of ether oxygens (including phenoxy) is 1. The fraction of sp³-hybridized carbons (Fsp3) is 0.741. The maximum absolute atomic E-state index is 12.6. The van der Waals surface area contributed by atoms with Gasteiger partial charge in [0.25, 0.3) is 0 Å². The van der Waals surface area contributed by atoms with Crippen LogP contribution in [-0.4, -0.2) is 12.1 Å². The number of hydrogen-bond acceptors (Lipinski definition) is 2. The van der Waals surface area contributed by atoms with E-state index in [-0.39, 0.29) is 12.1 Å². The summed E-state index contributed by atoms with van der Waals surface area (Å²) in [4.78, 5) is 12.6. The number of benzene rings is 1. The zero-order chi connectivity index (χ0) is 20.6. The summed E-state index contributed by atoms with van der Waals surface area (Å²) in [6.45, 7) is 6.97. The van der Waals surface area contributed by atoms with Gasteiger partial charge >= 0.3 is 5.97 Å². The Kier molecular flexibility index (Phi) is 8.63. The van der Waals surface area contributed by atoms with Gasteiger partial charge in [-0.3, -0.25) is 0 Å². The molecule has 2 aliphatic carbocycles. The summed E-state index contributed by atoms with van der Waals surface area (Å²) < 4.78 is 5.84. The van der Waals surface area contributed by atoms with Crippen LogP contribution < -0.4 is 0 Å². The Morgan fingerprint density at radius 3 is 2.21 bits per heavy atom. The van der Waals surface area contributed by atoms with Gasteiger partial charge in [0, 0.05) is 0 Å². The molecule has 0 spiro atoms. The number of carbonyl (C=O) groups excluding carboxylic acids is 1. The van der Waals surface area contributed by atoms with Crippen LogP contribution in [0.5, 0.6) is 0 Å². The molecule has 2 saturated carbocycles.